The van der Waals surface area contributed by atoms with E-state index in [2.05, 4.69) is 60.9 Å². The summed E-state index contributed by atoms with van der Waals surface area (Å²) >= 11 is 0. The average Bonchev–Trinajstić information content (AvgIpc) is 3.62. The number of aryl methyl sites for hydroxylation is 2. The largest absolute Gasteiger partial charge is 0.467 e. The Morgan fingerprint density at radius 2 is 1.68 bits per heavy atom. The SMILES string of the molecule is COC(=O)C(OC(C)(C)C)c1c(C)nc(-c2nc3ccccc3n2C2CC2)c(C)c1-c1ccc(C)cc1. The van der Waals surface area contributed by atoms with E-state index in [4.69, 9.17) is 19.4 Å². The van der Waals surface area contributed by atoms with E-state index in [0.717, 1.165) is 63.3 Å². The Kier molecular flexibility index (Phi) is 6.40. The van der Waals surface area contributed by atoms with Crippen molar-refractivity contribution in [3.63, 3.8) is 0 Å². The van der Waals surface area contributed by atoms with Gasteiger partial charge in [0.1, 0.15) is 5.69 Å². The van der Waals surface area contributed by atoms with Crippen LogP contribution in [0.3, 0.4) is 0 Å². The van der Waals surface area contributed by atoms with Crippen molar-refractivity contribution in [3.8, 4) is 22.6 Å². The third-order valence-corrected chi connectivity index (χ3v) is 6.88. The summed E-state index contributed by atoms with van der Waals surface area (Å²) < 4.78 is 13.9. The number of benzene rings is 2. The normalized spacial score (nSPS) is 14.7. The molecule has 192 valence electrons. The molecule has 1 saturated carbocycles. The highest BCUT2D eigenvalue weighted by atomic mass is 16.6. The zero-order valence-corrected chi connectivity index (χ0v) is 22.8. The molecular formula is C31H35N3O3. The fourth-order valence-corrected chi connectivity index (χ4v) is 5.04. The van der Waals surface area contributed by atoms with Gasteiger partial charge in [-0.1, -0.05) is 42.0 Å². The molecule has 0 N–H and O–H groups in total. The summed E-state index contributed by atoms with van der Waals surface area (Å²) in [7, 11) is 1.40. The van der Waals surface area contributed by atoms with Gasteiger partial charge in [0, 0.05) is 17.3 Å². The van der Waals surface area contributed by atoms with E-state index in [9.17, 15) is 4.79 Å². The number of esters is 1. The van der Waals surface area contributed by atoms with Crippen molar-refractivity contribution in [2.45, 2.75) is 72.1 Å². The lowest BCUT2D eigenvalue weighted by Gasteiger charge is -2.29. The van der Waals surface area contributed by atoms with E-state index in [1.165, 1.54) is 12.7 Å². The Balaban J connectivity index is 1.81. The molecule has 0 radical (unpaired) electrons. The molecule has 2 aromatic carbocycles. The van der Waals surface area contributed by atoms with E-state index in [1.807, 2.05) is 33.8 Å². The van der Waals surface area contributed by atoms with Crippen LogP contribution in [-0.2, 0) is 14.3 Å². The van der Waals surface area contributed by atoms with Gasteiger partial charge in [-0.15, -0.1) is 0 Å². The highest BCUT2D eigenvalue weighted by Gasteiger charge is 2.35. The van der Waals surface area contributed by atoms with Crippen molar-refractivity contribution >= 4 is 17.0 Å². The zero-order valence-electron chi connectivity index (χ0n) is 22.8. The van der Waals surface area contributed by atoms with Gasteiger partial charge in [-0.3, -0.25) is 0 Å². The van der Waals surface area contributed by atoms with Crippen molar-refractivity contribution in [2.24, 2.45) is 0 Å². The molecule has 4 aromatic rings. The number of methoxy groups -OCH3 is 1. The molecule has 2 aromatic heterocycles. The number of hydrogen-bond acceptors (Lipinski definition) is 5. The quantitative estimate of drug-likeness (QED) is 0.267. The molecule has 1 unspecified atom stereocenters. The maximum atomic E-state index is 13.1. The van der Waals surface area contributed by atoms with E-state index in [0.29, 0.717) is 6.04 Å². The Labute approximate surface area is 218 Å². The molecule has 1 aliphatic carbocycles. The van der Waals surface area contributed by atoms with E-state index >= 15 is 0 Å². The number of carbonyl (C=O) groups excluding carboxylic acids is 1. The van der Waals surface area contributed by atoms with Crippen LogP contribution in [-0.4, -0.2) is 33.2 Å². The summed E-state index contributed by atoms with van der Waals surface area (Å²) in [6, 6.07) is 17.1. The lowest BCUT2D eigenvalue weighted by molar-refractivity contribution is -0.164. The summed E-state index contributed by atoms with van der Waals surface area (Å²) in [4.78, 5) is 23.3. The molecule has 1 aliphatic rings. The summed E-state index contributed by atoms with van der Waals surface area (Å²) in [5, 5.41) is 0. The Morgan fingerprint density at radius 1 is 1.00 bits per heavy atom. The first-order chi connectivity index (χ1) is 17.6. The van der Waals surface area contributed by atoms with Gasteiger partial charge in [-0.25, -0.2) is 14.8 Å². The van der Waals surface area contributed by atoms with Crippen LogP contribution in [0.4, 0.5) is 0 Å². The Morgan fingerprint density at radius 3 is 2.30 bits per heavy atom. The van der Waals surface area contributed by atoms with Crippen molar-refractivity contribution in [1.82, 2.24) is 14.5 Å². The van der Waals surface area contributed by atoms with Crippen LogP contribution in [0.25, 0.3) is 33.7 Å². The van der Waals surface area contributed by atoms with Crippen LogP contribution in [0.2, 0.25) is 0 Å². The summed E-state index contributed by atoms with van der Waals surface area (Å²) in [5.41, 5.74) is 7.90. The lowest BCUT2D eigenvalue weighted by Crippen LogP contribution is -2.29. The van der Waals surface area contributed by atoms with E-state index in [1.54, 1.807) is 0 Å². The molecule has 0 bridgehead atoms. The van der Waals surface area contributed by atoms with Gasteiger partial charge >= 0.3 is 5.97 Å². The summed E-state index contributed by atoms with van der Waals surface area (Å²) in [6.45, 7) is 11.9. The first-order valence-electron chi connectivity index (χ1n) is 12.9. The molecule has 0 spiro atoms. The summed E-state index contributed by atoms with van der Waals surface area (Å²) in [6.07, 6.45) is 1.36. The highest BCUT2D eigenvalue weighted by Crippen LogP contribution is 2.44. The number of nitrogens with zero attached hydrogens (tertiary/aromatic N) is 3. The predicted molar refractivity (Wildman–Crippen MR) is 146 cm³/mol. The number of rotatable bonds is 6. The molecule has 6 heteroatoms. The average molecular weight is 498 g/mol. The second-order valence-electron chi connectivity index (χ2n) is 11.0. The highest BCUT2D eigenvalue weighted by molar-refractivity contribution is 5.87. The molecule has 5 rings (SSSR count). The third kappa shape index (κ3) is 4.78. The van der Waals surface area contributed by atoms with Crippen LogP contribution in [0.1, 0.15) is 68.1 Å². The number of carbonyl (C=O) groups is 1. The van der Waals surface area contributed by atoms with Crippen molar-refractivity contribution in [2.75, 3.05) is 7.11 Å². The molecular weight excluding hydrogens is 462 g/mol. The van der Waals surface area contributed by atoms with Gasteiger partial charge in [0.05, 0.1) is 23.7 Å². The second-order valence-corrected chi connectivity index (χ2v) is 11.0. The molecule has 0 saturated heterocycles. The fourth-order valence-electron chi connectivity index (χ4n) is 5.04. The topological polar surface area (TPSA) is 66.2 Å². The molecule has 2 heterocycles. The van der Waals surface area contributed by atoms with Crippen LogP contribution < -0.4 is 0 Å². The van der Waals surface area contributed by atoms with Gasteiger partial charge in [0.15, 0.2) is 11.9 Å². The van der Waals surface area contributed by atoms with Crippen LogP contribution in [0.15, 0.2) is 48.5 Å². The van der Waals surface area contributed by atoms with Gasteiger partial charge < -0.3 is 14.0 Å². The number of pyridine rings is 1. The second kappa shape index (κ2) is 9.42. The number of hydrogen-bond donors (Lipinski definition) is 0. The molecule has 0 aliphatic heterocycles. The van der Waals surface area contributed by atoms with Gasteiger partial charge in [0.2, 0.25) is 0 Å². The number of aromatic nitrogens is 3. The molecule has 0 amide bonds. The van der Waals surface area contributed by atoms with Crippen LogP contribution >= 0.6 is 0 Å². The fraction of sp³-hybridized carbons (Fsp3) is 0.387. The number of fused-ring (bicyclic) bond motifs is 1. The predicted octanol–water partition coefficient (Wildman–Crippen LogP) is 7.05. The molecule has 37 heavy (non-hydrogen) atoms. The Hall–Kier alpha value is -3.51. The van der Waals surface area contributed by atoms with Crippen LogP contribution in [0.5, 0.6) is 0 Å². The van der Waals surface area contributed by atoms with Gasteiger partial charge in [-0.2, -0.15) is 0 Å². The molecule has 6 nitrogen and oxygen atoms in total. The minimum Gasteiger partial charge on any atom is -0.467 e. The van der Waals surface area contributed by atoms with Gasteiger partial charge in [-0.05, 0) is 83.2 Å². The third-order valence-electron chi connectivity index (χ3n) is 6.88. The minimum absolute atomic E-state index is 0.429. The maximum absolute atomic E-state index is 13.1. The zero-order chi connectivity index (χ0) is 26.5. The standard InChI is InChI=1S/C31H35N3O3/c1-18-12-14-21(15-13-18)25-19(2)27(29-33-23-10-8-9-11-24(23)34(29)22-16-17-22)32-20(3)26(25)28(30(35)36-7)37-31(4,5)6/h8-15,22,28H,16-17H2,1-7H3. The van der Waals surface area contributed by atoms with Crippen molar-refractivity contribution in [1.29, 1.82) is 0 Å². The number of imidazole rings is 1. The first-order valence-corrected chi connectivity index (χ1v) is 12.9. The molecule has 1 atom stereocenters. The van der Waals surface area contributed by atoms with Crippen molar-refractivity contribution in [3.05, 3.63) is 70.9 Å². The molecule has 1 fully saturated rings. The first kappa shape index (κ1) is 25.2. The van der Waals surface area contributed by atoms with E-state index < -0.39 is 17.7 Å². The van der Waals surface area contributed by atoms with Gasteiger partial charge in [0.25, 0.3) is 0 Å². The minimum atomic E-state index is -0.913. The number of ether oxygens (including phenoxy) is 2. The monoisotopic (exact) mass is 497 g/mol. The summed E-state index contributed by atoms with van der Waals surface area (Å²) in [5.74, 6) is 0.432. The van der Waals surface area contributed by atoms with E-state index in [-0.39, 0.29) is 0 Å². The lowest BCUT2D eigenvalue weighted by atomic mass is 9.89. The van der Waals surface area contributed by atoms with Crippen LogP contribution in [0, 0.1) is 20.8 Å². The van der Waals surface area contributed by atoms with Crippen molar-refractivity contribution < 1.29 is 14.3 Å². The Bertz CT molecular complexity index is 1470. The smallest absolute Gasteiger partial charge is 0.339 e. The number of para-hydroxylation sites is 2. The maximum Gasteiger partial charge on any atom is 0.339 e.